The SMILES string of the molecule is CC(C)CNCC(O)C1CCCC1. The maximum absolute atomic E-state index is 9.80. The van der Waals surface area contributed by atoms with Gasteiger partial charge in [0.25, 0.3) is 0 Å². The maximum Gasteiger partial charge on any atom is 0.0692 e. The maximum atomic E-state index is 9.80. The molecular weight excluding hydrogens is 162 g/mol. The molecule has 2 nitrogen and oxygen atoms in total. The summed E-state index contributed by atoms with van der Waals surface area (Å²) in [5.74, 6) is 1.25. The molecule has 1 fully saturated rings. The van der Waals surface area contributed by atoms with Crippen LogP contribution in [0, 0.1) is 11.8 Å². The molecule has 78 valence electrons. The molecule has 0 spiro atoms. The molecule has 2 heteroatoms. The van der Waals surface area contributed by atoms with E-state index >= 15 is 0 Å². The fourth-order valence-electron chi connectivity index (χ4n) is 2.03. The van der Waals surface area contributed by atoms with Crippen molar-refractivity contribution in [2.75, 3.05) is 13.1 Å². The highest BCUT2D eigenvalue weighted by Gasteiger charge is 2.22. The number of hydrogen-bond donors (Lipinski definition) is 2. The molecule has 1 unspecified atom stereocenters. The molecule has 0 aromatic heterocycles. The Labute approximate surface area is 81.7 Å². The Morgan fingerprint density at radius 3 is 2.38 bits per heavy atom. The first-order chi connectivity index (χ1) is 6.20. The van der Waals surface area contributed by atoms with Gasteiger partial charge in [0.05, 0.1) is 6.10 Å². The van der Waals surface area contributed by atoms with Gasteiger partial charge in [-0.15, -0.1) is 0 Å². The van der Waals surface area contributed by atoms with Crippen molar-refractivity contribution in [1.29, 1.82) is 0 Å². The Morgan fingerprint density at radius 1 is 1.23 bits per heavy atom. The van der Waals surface area contributed by atoms with Crippen LogP contribution in [0.4, 0.5) is 0 Å². The Balaban J connectivity index is 2.06. The lowest BCUT2D eigenvalue weighted by Crippen LogP contribution is -2.33. The molecule has 0 aromatic rings. The summed E-state index contributed by atoms with van der Waals surface area (Å²) in [5.41, 5.74) is 0. The predicted molar refractivity (Wildman–Crippen MR) is 55.7 cm³/mol. The number of rotatable bonds is 5. The second-order valence-corrected chi connectivity index (χ2v) is 4.66. The standard InChI is InChI=1S/C11H23NO/c1-9(2)7-12-8-11(13)10-5-3-4-6-10/h9-13H,3-8H2,1-2H3. The highest BCUT2D eigenvalue weighted by atomic mass is 16.3. The minimum atomic E-state index is -0.110. The summed E-state index contributed by atoms with van der Waals surface area (Å²) in [6.07, 6.45) is 4.97. The van der Waals surface area contributed by atoms with Crippen LogP contribution < -0.4 is 5.32 Å². The van der Waals surface area contributed by atoms with Crippen molar-refractivity contribution < 1.29 is 5.11 Å². The molecule has 1 rings (SSSR count). The quantitative estimate of drug-likeness (QED) is 0.684. The van der Waals surface area contributed by atoms with Gasteiger partial charge in [0.2, 0.25) is 0 Å². The third-order valence-electron chi connectivity index (χ3n) is 2.85. The van der Waals surface area contributed by atoms with E-state index in [0.29, 0.717) is 11.8 Å². The van der Waals surface area contributed by atoms with Crippen molar-refractivity contribution in [3.8, 4) is 0 Å². The largest absolute Gasteiger partial charge is 0.392 e. The first-order valence-corrected chi connectivity index (χ1v) is 5.59. The van der Waals surface area contributed by atoms with Crippen molar-refractivity contribution in [3.05, 3.63) is 0 Å². The molecule has 0 radical (unpaired) electrons. The van der Waals surface area contributed by atoms with Gasteiger partial charge < -0.3 is 10.4 Å². The van der Waals surface area contributed by atoms with Crippen LogP contribution >= 0.6 is 0 Å². The van der Waals surface area contributed by atoms with Gasteiger partial charge in [-0.3, -0.25) is 0 Å². The molecule has 0 saturated heterocycles. The van der Waals surface area contributed by atoms with Crippen molar-refractivity contribution in [2.45, 2.75) is 45.6 Å². The van der Waals surface area contributed by atoms with Crippen LogP contribution in [0.15, 0.2) is 0 Å². The van der Waals surface area contributed by atoms with Gasteiger partial charge in [0.1, 0.15) is 0 Å². The molecule has 2 N–H and O–H groups in total. The van der Waals surface area contributed by atoms with E-state index in [4.69, 9.17) is 0 Å². The van der Waals surface area contributed by atoms with Crippen molar-refractivity contribution in [3.63, 3.8) is 0 Å². The Kier molecular flexibility index (Phi) is 4.74. The van der Waals surface area contributed by atoms with Crippen molar-refractivity contribution in [1.82, 2.24) is 5.32 Å². The minimum absolute atomic E-state index is 0.110. The van der Waals surface area contributed by atoms with Crippen LogP contribution in [0.25, 0.3) is 0 Å². The molecule has 0 aliphatic heterocycles. The van der Waals surface area contributed by atoms with Crippen LogP contribution in [0.3, 0.4) is 0 Å². The second-order valence-electron chi connectivity index (χ2n) is 4.66. The third-order valence-corrected chi connectivity index (χ3v) is 2.85. The van der Waals surface area contributed by atoms with Crippen LogP contribution in [0.2, 0.25) is 0 Å². The van der Waals surface area contributed by atoms with Gasteiger partial charge in [-0.1, -0.05) is 26.7 Å². The fraction of sp³-hybridized carbons (Fsp3) is 1.00. The molecule has 1 aliphatic rings. The van der Waals surface area contributed by atoms with Gasteiger partial charge in [-0.2, -0.15) is 0 Å². The van der Waals surface area contributed by atoms with Gasteiger partial charge in [-0.05, 0) is 31.2 Å². The normalized spacial score (nSPS) is 21.2. The molecule has 1 saturated carbocycles. The lowest BCUT2D eigenvalue weighted by Gasteiger charge is -2.18. The van der Waals surface area contributed by atoms with E-state index in [0.717, 1.165) is 13.1 Å². The summed E-state index contributed by atoms with van der Waals surface area (Å²) in [6.45, 7) is 6.18. The minimum Gasteiger partial charge on any atom is -0.392 e. The smallest absolute Gasteiger partial charge is 0.0692 e. The second kappa shape index (κ2) is 5.61. The zero-order valence-electron chi connectivity index (χ0n) is 8.92. The van der Waals surface area contributed by atoms with E-state index in [1.54, 1.807) is 0 Å². The van der Waals surface area contributed by atoms with E-state index in [1.165, 1.54) is 25.7 Å². The molecule has 0 heterocycles. The summed E-state index contributed by atoms with van der Waals surface area (Å²) < 4.78 is 0. The van der Waals surface area contributed by atoms with E-state index in [-0.39, 0.29) is 6.10 Å². The number of aliphatic hydroxyl groups is 1. The van der Waals surface area contributed by atoms with Crippen LogP contribution in [0.5, 0.6) is 0 Å². The lowest BCUT2D eigenvalue weighted by molar-refractivity contribution is 0.108. The molecular formula is C11H23NO. The van der Waals surface area contributed by atoms with E-state index < -0.39 is 0 Å². The van der Waals surface area contributed by atoms with Crippen molar-refractivity contribution >= 4 is 0 Å². The first-order valence-electron chi connectivity index (χ1n) is 5.59. The molecule has 1 atom stereocenters. The van der Waals surface area contributed by atoms with Crippen LogP contribution in [-0.4, -0.2) is 24.3 Å². The monoisotopic (exact) mass is 185 g/mol. The van der Waals surface area contributed by atoms with E-state index in [2.05, 4.69) is 19.2 Å². The van der Waals surface area contributed by atoms with Gasteiger partial charge in [0.15, 0.2) is 0 Å². The Morgan fingerprint density at radius 2 is 1.85 bits per heavy atom. The average Bonchev–Trinajstić information content (AvgIpc) is 2.55. The summed E-state index contributed by atoms with van der Waals surface area (Å²) in [4.78, 5) is 0. The van der Waals surface area contributed by atoms with Crippen molar-refractivity contribution in [2.24, 2.45) is 11.8 Å². The summed E-state index contributed by atoms with van der Waals surface area (Å²) in [6, 6.07) is 0. The van der Waals surface area contributed by atoms with Gasteiger partial charge in [-0.25, -0.2) is 0 Å². The van der Waals surface area contributed by atoms with E-state index in [1.807, 2.05) is 0 Å². The fourth-order valence-corrected chi connectivity index (χ4v) is 2.03. The molecule has 1 aliphatic carbocycles. The number of hydrogen-bond acceptors (Lipinski definition) is 2. The van der Waals surface area contributed by atoms with Gasteiger partial charge in [0, 0.05) is 6.54 Å². The summed E-state index contributed by atoms with van der Waals surface area (Å²) in [5, 5.41) is 13.1. The Hall–Kier alpha value is -0.0800. The first kappa shape index (κ1) is 11.0. The predicted octanol–water partition coefficient (Wildman–Crippen LogP) is 1.78. The molecule has 0 aromatic carbocycles. The lowest BCUT2D eigenvalue weighted by atomic mass is 10.0. The zero-order chi connectivity index (χ0) is 9.68. The number of nitrogens with one attached hydrogen (secondary N) is 1. The van der Waals surface area contributed by atoms with E-state index in [9.17, 15) is 5.11 Å². The highest BCUT2D eigenvalue weighted by Crippen LogP contribution is 2.27. The molecule has 0 bridgehead atoms. The topological polar surface area (TPSA) is 32.3 Å². The number of aliphatic hydroxyl groups excluding tert-OH is 1. The molecule has 13 heavy (non-hydrogen) atoms. The Bertz CT molecular complexity index is 130. The third kappa shape index (κ3) is 4.10. The highest BCUT2D eigenvalue weighted by molar-refractivity contribution is 4.76. The zero-order valence-corrected chi connectivity index (χ0v) is 8.92. The summed E-state index contributed by atoms with van der Waals surface area (Å²) >= 11 is 0. The van der Waals surface area contributed by atoms with Crippen LogP contribution in [-0.2, 0) is 0 Å². The van der Waals surface area contributed by atoms with Crippen LogP contribution in [0.1, 0.15) is 39.5 Å². The average molecular weight is 185 g/mol. The molecule has 0 amide bonds. The van der Waals surface area contributed by atoms with Gasteiger partial charge >= 0.3 is 0 Å². The summed E-state index contributed by atoms with van der Waals surface area (Å²) in [7, 11) is 0.